The second-order valence-electron chi connectivity index (χ2n) is 5.75. The van der Waals surface area contributed by atoms with Crippen molar-refractivity contribution < 1.29 is 24.9 Å². The molecule has 3 rings (SSSR count). The fourth-order valence-electron chi connectivity index (χ4n) is 2.61. The van der Waals surface area contributed by atoms with Crippen molar-refractivity contribution in [1.82, 2.24) is 5.43 Å². The molecule has 3 aromatic rings. The third-order valence-electron chi connectivity index (χ3n) is 3.93. The maximum Gasteiger partial charge on any atom is 0.271 e. The van der Waals surface area contributed by atoms with E-state index in [-0.39, 0.29) is 12.2 Å². The molecule has 7 nitrogen and oxygen atoms in total. The molecule has 0 heterocycles. The molecule has 28 heavy (non-hydrogen) atoms. The number of aromatic hydroxyl groups is 3. The molecule has 0 spiro atoms. The van der Waals surface area contributed by atoms with Crippen molar-refractivity contribution in [2.45, 2.75) is 0 Å². The van der Waals surface area contributed by atoms with Gasteiger partial charge in [-0.3, -0.25) is 4.79 Å². The van der Waals surface area contributed by atoms with Gasteiger partial charge in [0.1, 0.15) is 12.4 Å². The van der Waals surface area contributed by atoms with Crippen molar-refractivity contribution in [3.8, 4) is 35.3 Å². The molecule has 140 valence electrons. The first-order chi connectivity index (χ1) is 13.5. The van der Waals surface area contributed by atoms with Gasteiger partial charge < -0.3 is 20.1 Å². The minimum absolute atomic E-state index is 0.0772. The second-order valence-corrected chi connectivity index (χ2v) is 5.75. The maximum absolute atomic E-state index is 12.2. The number of ether oxygens (including phenoxy) is 1. The standard InChI is InChI=1S/C21H16N2O5/c1-2-9-28-19-8-7-13-5-3-4-6-15(13)16(19)12-22-23-21(27)14-10-17(24)20(26)18(25)11-14/h1,3-8,10-12,24-26H,9H2,(H,23,27). The molecule has 0 saturated carbocycles. The predicted octanol–water partition coefficient (Wildman–Crippen LogP) is 2.73. The van der Waals surface area contributed by atoms with Gasteiger partial charge >= 0.3 is 0 Å². The first-order valence-electron chi connectivity index (χ1n) is 8.17. The molecule has 0 unspecified atom stereocenters. The van der Waals surface area contributed by atoms with Gasteiger partial charge in [0.25, 0.3) is 5.91 Å². The van der Waals surface area contributed by atoms with Gasteiger partial charge in [-0.1, -0.05) is 36.3 Å². The Balaban J connectivity index is 1.88. The number of nitrogens with one attached hydrogen (secondary N) is 1. The molecule has 0 atom stereocenters. The van der Waals surface area contributed by atoms with Gasteiger partial charge in [0.15, 0.2) is 17.2 Å². The van der Waals surface area contributed by atoms with Crippen LogP contribution in [0.4, 0.5) is 0 Å². The van der Waals surface area contributed by atoms with E-state index in [1.807, 2.05) is 30.3 Å². The zero-order chi connectivity index (χ0) is 20.1. The van der Waals surface area contributed by atoms with Crippen molar-refractivity contribution in [1.29, 1.82) is 0 Å². The molecule has 3 aromatic carbocycles. The van der Waals surface area contributed by atoms with Crippen LogP contribution in [0, 0.1) is 12.3 Å². The van der Waals surface area contributed by atoms with Crippen molar-refractivity contribution in [2.24, 2.45) is 5.10 Å². The van der Waals surface area contributed by atoms with E-state index in [9.17, 15) is 20.1 Å². The Labute approximate surface area is 160 Å². The zero-order valence-electron chi connectivity index (χ0n) is 14.6. The molecule has 0 aliphatic carbocycles. The number of carbonyl (C=O) groups is 1. The number of hydrogen-bond donors (Lipinski definition) is 4. The molecule has 0 aliphatic rings. The second kappa shape index (κ2) is 8.01. The van der Waals surface area contributed by atoms with Crippen molar-refractivity contribution >= 4 is 22.9 Å². The maximum atomic E-state index is 12.2. The van der Waals surface area contributed by atoms with Crippen LogP contribution in [-0.4, -0.2) is 34.0 Å². The first kappa shape index (κ1) is 18.6. The van der Waals surface area contributed by atoms with E-state index in [1.54, 1.807) is 6.07 Å². The third-order valence-corrected chi connectivity index (χ3v) is 3.93. The van der Waals surface area contributed by atoms with Crippen LogP contribution in [0.2, 0.25) is 0 Å². The number of rotatable bonds is 5. The number of amides is 1. The van der Waals surface area contributed by atoms with Crippen LogP contribution in [-0.2, 0) is 0 Å². The largest absolute Gasteiger partial charge is 0.504 e. The van der Waals surface area contributed by atoms with Crippen LogP contribution < -0.4 is 10.2 Å². The van der Waals surface area contributed by atoms with Crippen molar-refractivity contribution in [3.63, 3.8) is 0 Å². The molecule has 1 amide bonds. The number of phenolic OH excluding ortho intramolecular Hbond substituents is 3. The summed E-state index contributed by atoms with van der Waals surface area (Å²) in [7, 11) is 0. The van der Waals surface area contributed by atoms with Gasteiger partial charge in [-0.15, -0.1) is 6.42 Å². The summed E-state index contributed by atoms with van der Waals surface area (Å²) in [6.07, 6.45) is 6.68. The van der Waals surface area contributed by atoms with E-state index in [0.717, 1.165) is 22.9 Å². The Morgan fingerprint density at radius 3 is 2.57 bits per heavy atom. The number of carbonyl (C=O) groups excluding carboxylic acids is 1. The van der Waals surface area contributed by atoms with Gasteiger partial charge in [0, 0.05) is 11.1 Å². The lowest BCUT2D eigenvalue weighted by molar-refractivity contribution is 0.0954. The van der Waals surface area contributed by atoms with Crippen LogP contribution in [0.1, 0.15) is 15.9 Å². The number of hydrazone groups is 1. The Morgan fingerprint density at radius 1 is 1.14 bits per heavy atom. The van der Waals surface area contributed by atoms with Gasteiger partial charge in [-0.25, -0.2) is 5.43 Å². The van der Waals surface area contributed by atoms with Crippen LogP contribution in [0.25, 0.3) is 10.8 Å². The number of terminal acetylenes is 1. The molecule has 0 aromatic heterocycles. The van der Waals surface area contributed by atoms with E-state index < -0.39 is 23.2 Å². The lowest BCUT2D eigenvalue weighted by atomic mass is 10.0. The fourth-order valence-corrected chi connectivity index (χ4v) is 2.61. The van der Waals surface area contributed by atoms with Crippen LogP contribution in [0.3, 0.4) is 0 Å². The summed E-state index contributed by atoms with van der Waals surface area (Å²) < 4.78 is 5.55. The highest BCUT2D eigenvalue weighted by molar-refractivity contribution is 6.03. The molecule has 7 heteroatoms. The number of nitrogens with zero attached hydrogens (tertiary/aromatic N) is 1. The summed E-state index contributed by atoms with van der Waals surface area (Å²) >= 11 is 0. The average molecular weight is 376 g/mol. The number of benzene rings is 3. The molecule has 0 saturated heterocycles. The summed E-state index contributed by atoms with van der Waals surface area (Å²) in [5.74, 6) is 0.283. The Kier molecular flexibility index (Phi) is 5.33. The van der Waals surface area contributed by atoms with Crippen LogP contribution in [0.15, 0.2) is 53.6 Å². The van der Waals surface area contributed by atoms with Crippen LogP contribution in [0.5, 0.6) is 23.0 Å². The Morgan fingerprint density at radius 2 is 1.86 bits per heavy atom. The third kappa shape index (κ3) is 3.81. The zero-order valence-corrected chi connectivity index (χ0v) is 14.6. The molecule has 4 N–H and O–H groups in total. The van der Waals surface area contributed by atoms with Gasteiger partial charge in [0.2, 0.25) is 0 Å². The van der Waals surface area contributed by atoms with Gasteiger partial charge in [0.05, 0.1) is 6.21 Å². The Bertz CT molecular complexity index is 1090. The van der Waals surface area contributed by atoms with E-state index >= 15 is 0 Å². The molecular formula is C21H16N2O5. The van der Waals surface area contributed by atoms with E-state index in [2.05, 4.69) is 16.4 Å². The lowest BCUT2D eigenvalue weighted by Gasteiger charge is -2.10. The predicted molar refractivity (Wildman–Crippen MR) is 105 cm³/mol. The van der Waals surface area contributed by atoms with E-state index in [0.29, 0.717) is 11.3 Å². The summed E-state index contributed by atoms with van der Waals surface area (Å²) in [5.41, 5.74) is 2.85. The topological polar surface area (TPSA) is 111 Å². The SMILES string of the molecule is C#CCOc1ccc2ccccc2c1C=NNC(=O)c1cc(O)c(O)c(O)c1. The summed E-state index contributed by atoms with van der Waals surface area (Å²) in [4.78, 5) is 12.2. The molecule has 0 aliphatic heterocycles. The van der Waals surface area contributed by atoms with Crippen LogP contribution >= 0.6 is 0 Å². The van der Waals surface area contributed by atoms with E-state index in [1.165, 1.54) is 6.21 Å². The number of phenols is 3. The summed E-state index contributed by atoms with van der Waals surface area (Å²) in [6, 6.07) is 13.3. The van der Waals surface area contributed by atoms with E-state index in [4.69, 9.17) is 11.2 Å². The van der Waals surface area contributed by atoms with Gasteiger partial charge in [-0.05, 0) is 29.0 Å². The summed E-state index contributed by atoms with van der Waals surface area (Å²) in [5, 5.41) is 34.1. The number of fused-ring (bicyclic) bond motifs is 1. The minimum Gasteiger partial charge on any atom is -0.504 e. The van der Waals surface area contributed by atoms with Crippen molar-refractivity contribution in [3.05, 3.63) is 59.7 Å². The number of hydrogen-bond acceptors (Lipinski definition) is 6. The van der Waals surface area contributed by atoms with Crippen molar-refractivity contribution in [2.75, 3.05) is 6.61 Å². The molecule has 0 radical (unpaired) electrons. The molecule has 0 fully saturated rings. The highest BCUT2D eigenvalue weighted by Crippen LogP contribution is 2.35. The Hall–Kier alpha value is -4.18. The minimum atomic E-state index is -0.703. The average Bonchev–Trinajstić information content (AvgIpc) is 2.70. The smallest absolute Gasteiger partial charge is 0.271 e. The first-order valence-corrected chi connectivity index (χ1v) is 8.17. The highest BCUT2D eigenvalue weighted by Gasteiger charge is 2.13. The summed E-state index contributed by atoms with van der Waals surface area (Å²) in [6.45, 7) is 0.0810. The monoisotopic (exact) mass is 376 g/mol. The molecule has 0 bridgehead atoms. The highest BCUT2D eigenvalue weighted by atomic mass is 16.5. The quantitative estimate of drug-likeness (QED) is 0.237. The molecular weight excluding hydrogens is 360 g/mol. The fraction of sp³-hybridized carbons (Fsp3) is 0.0476. The normalized spacial score (nSPS) is 10.7. The van der Waals surface area contributed by atoms with Gasteiger partial charge in [-0.2, -0.15) is 5.10 Å². The lowest BCUT2D eigenvalue weighted by Crippen LogP contribution is -2.17.